The molecule has 2 aliphatic rings. The largest absolute Gasteiger partial charge is 0.392 e. The minimum Gasteiger partial charge on any atom is -0.392 e. The lowest BCUT2D eigenvalue weighted by atomic mass is 10.0. The highest BCUT2D eigenvalue weighted by Crippen LogP contribution is 2.29. The highest BCUT2D eigenvalue weighted by atomic mass is 16.5. The maximum absolute atomic E-state index is 9.86. The first-order chi connectivity index (χ1) is 8.34. The number of rotatable bonds is 9. The van der Waals surface area contributed by atoms with E-state index < -0.39 is 0 Å². The van der Waals surface area contributed by atoms with E-state index >= 15 is 0 Å². The first kappa shape index (κ1) is 13.3. The fraction of sp³-hybridized carbons (Fsp3) is 1.00. The minimum atomic E-state index is -0.165. The maximum Gasteiger partial charge on any atom is 0.0667 e. The standard InChI is InChI=1S/C14H27NO2/c16-14(9-12-3-1-2-4-12)10-15-7-8-17-11-13-5-6-13/h12-16H,1-11H2. The van der Waals surface area contributed by atoms with Crippen molar-refractivity contribution in [3.8, 4) is 0 Å². The summed E-state index contributed by atoms with van der Waals surface area (Å²) in [5.41, 5.74) is 0. The van der Waals surface area contributed by atoms with Crippen LogP contribution in [0.25, 0.3) is 0 Å². The van der Waals surface area contributed by atoms with Crippen molar-refractivity contribution in [2.75, 3.05) is 26.3 Å². The zero-order valence-electron chi connectivity index (χ0n) is 10.9. The fourth-order valence-electron chi connectivity index (χ4n) is 2.66. The Bertz CT molecular complexity index is 200. The number of hydrogen-bond acceptors (Lipinski definition) is 3. The summed E-state index contributed by atoms with van der Waals surface area (Å²) >= 11 is 0. The van der Waals surface area contributed by atoms with Gasteiger partial charge < -0.3 is 15.2 Å². The normalized spacial score (nSPS) is 23.1. The van der Waals surface area contributed by atoms with Crippen molar-refractivity contribution < 1.29 is 9.84 Å². The lowest BCUT2D eigenvalue weighted by molar-refractivity contribution is 0.113. The maximum atomic E-state index is 9.86. The average molecular weight is 241 g/mol. The predicted octanol–water partition coefficient (Wildman–Crippen LogP) is 1.94. The highest BCUT2D eigenvalue weighted by Gasteiger charge is 2.21. The monoisotopic (exact) mass is 241 g/mol. The lowest BCUT2D eigenvalue weighted by Gasteiger charge is -2.15. The Morgan fingerprint density at radius 1 is 1.12 bits per heavy atom. The van der Waals surface area contributed by atoms with Gasteiger partial charge in [0.05, 0.1) is 12.7 Å². The molecule has 0 aromatic rings. The van der Waals surface area contributed by atoms with Gasteiger partial charge in [-0.25, -0.2) is 0 Å². The van der Waals surface area contributed by atoms with E-state index in [1.807, 2.05) is 0 Å². The topological polar surface area (TPSA) is 41.5 Å². The van der Waals surface area contributed by atoms with E-state index in [0.29, 0.717) is 0 Å². The van der Waals surface area contributed by atoms with Crippen LogP contribution in [0, 0.1) is 11.8 Å². The molecular weight excluding hydrogens is 214 g/mol. The van der Waals surface area contributed by atoms with Crippen LogP contribution in [-0.4, -0.2) is 37.5 Å². The molecule has 100 valence electrons. The van der Waals surface area contributed by atoms with Gasteiger partial charge in [-0.1, -0.05) is 25.7 Å². The summed E-state index contributed by atoms with van der Waals surface area (Å²) in [5.74, 6) is 1.63. The van der Waals surface area contributed by atoms with Crippen molar-refractivity contribution in [1.29, 1.82) is 0 Å². The zero-order valence-corrected chi connectivity index (χ0v) is 10.9. The molecule has 3 heteroatoms. The lowest BCUT2D eigenvalue weighted by Crippen LogP contribution is -2.30. The molecule has 2 rings (SSSR count). The Morgan fingerprint density at radius 2 is 1.88 bits per heavy atom. The van der Waals surface area contributed by atoms with E-state index in [-0.39, 0.29) is 6.10 Å². The molecule has 17 heavy (non-hydrogen) atoms. The number of aliphatic hydroxyl groups excluding tert-OH is 1. The van der Waals surface area contributed by atoms with Crippen molar-refractivity contribution in [2.24, 2.45) is 11.8 Å². The summed E-state index contributed by atoms with van der Waals surface area (Å²) in [6.07, 6.45) is 8.89. The van der Waals surface area contributed by atoms with Gasteiger partial charge in [0.25, 0.3) is 0 Å². The van der Waals surface area contributed by atoms with E-state index in [9.17, 15) is 5.11 Å². The summed E-state index contributed by atoms with van der Waals surface area (Å²) in [4.78, 5) is 0. The molecule has 0 heterocycles. The average Bonchev–Trinajstić information content (AvgIpc) is 3.00. The highest BCUT2D eigenvalue weighted by molar-refractivity contribution is 4.73. The van der Waals surface area contributed by atoms with Gasteiger partial charge in [0.2, 0.25) is 0 Å². The second-order valence-corrected chi connectivity index (χ2v) is 5.76. The third-order valence-electron chi connectivity index (χ3n) is 3.93. The van der Waals surface area contributed by atoms with Gasteiger partial charge in [-0.2, -0.15) is 0 Å². The number of aliphatic hydroxyl groups is 1. The first-order valence-electron chi connectivity index (χ1n) is 7.31. The van der Waals surface area contributed by atoms with E-state index in [2.05, 4.69) is 5.32 Å². The molecule has 0 saturated heterocycles. The van der Waals surface area contributed by atoms with Crippen LogP contribution in [0.5, 0.6) is 0 Å². The minimum absolute atomic E-state index is 0.165. The molecule has 0 bridgehead atoms. The quantitative estimate of drug-likeness (QED) is 0.606. The predicted molar refractivity (Wildman–Crippen MR) is 69.0 cm³/mol. The molecule has 2 aliphatic carbocycles. The van der Waals surface area contributed by atoms with Crippen LogP contribution in [-0.2, 0) is 4.74 Å². The van der Waals surface area contributed by atoms with Crippen molar-refractivity contribution in [1.82, 2.24) is 5.32 Å². The first-order valence-corrected chi connectivity index (χ1v) is 7.31. The van der Waals surface area contributed by atoms with Crippen molar-refractivity contribution >= 4 is 0 Å². The number of nitrogens with one attached hydrogen (secondary N) is 1. The van der Waals surface area contributed by atoms with Gasteiger partial charge in [0, 0.05) is 19.7 Å². The molecule has 1 unspecified atom stereocenters. The molecule has 1 atom stereocenters. The van der Waals surface area contributed by atoms with E-state index in [1.165, 1.54) is 38.5 Å². The summed E-state index contributed by atoms with van der Waals surface area (Å²) in [6, 6.07) is 0. The third kappa shape index (κ3) is 5.84. The Morgan fingerprint density at radius 3 is 2.59 bits per heavy atom. The second kappa shape index (κ2) is 7.34. The molecule has 0 aliphatic heterocycles. The SMILES string of the molecule is OC(CNCCOCC1CC1)CC1CCCC1. The molecule has 0 spiro atoms. The summed E-state index contributed by atoms with van der Waals surface area (Å²) in [7, 11) is 0. The summed E-state index contributed by atoms with van der Waals surface area (Å²) in [6.45, 7) is 3.32. The van der Waals surface area contributed by atoms with Crippen LogP contribution in [0.3, 0.4) is 0 Å². The summed E-state index contributed by atoms with van der Waals surface area (Å²) < 4.78 is 5.53. The van der Waals surface area contributed by atoms with Gasteiger partial charge in [-0.05, 0) is 31.1 Å². The smallest absolute Gasteiger partial charge is 0.0667 e. The number of ether oxygens (including phenoxy) is 1. The van der Waals surface area contributed by atoms with Crippen LogP contribution in [0.1, 0.15) is 44.9 Å². The zero-order chi connectivity index (χ0) is 11.9. The molecule has 0 amide bonds. The molecule has 0 radical (unpaired) electrons. The van der Waals surface area contributed by atoms with Crippen LogP contribution in [0.4, 0.5) is 0 Å². The Labute approximate surface area is 105 Å². The van der Waals surface area contributed by atoms with Crippen molar-refractivity contribution in [3.63, 3.8) is 0 Å². The van der Waals surface area contributed by atoms with Crippen LogP contribution >= 0.6 is 0 Å². The Balaban J connectivity index is 1.38. The molecular formula is C14H27NO2. The molecule has 2 N–H and O–H groups in total. The van der Waals surface area contributed by atoms with E-state index in [1.54, 1.807) is 0 Å². The van der Waals surface area contributed by atoms with Crippen molar-refractivity contribution in [2.45, 2.75) is 51.0 Å². The van der Waals surface area contributed by atoms with Crippen LogP contribution < -0.4 is 5.32 Å². The van der Waals surface area contributed by atoms with Gasteiger partial charge in [0.15, 0.2) is 0 Å². The van der Waals surface area contributed by atoms with Crippen LogP contribution in [0.2, 0.25) is 0 Å². The number of hydrogen-bond donors (Lipinski definition) is 2. The van der Waals surface area contributed by atoms with Gasteiger partial charge >= 0.3 is 0 Å². The van der Waals surface area contributed by atoms with E-state index in [4.69, 9.17) is 4.74 Å². The molecule has 0 aromatic carbocycles. The second-order valence-electron chi connectivity index (χ2n) is 5.76. The van der Waals surface area contributed by atoms with E-state index in [0.717, 1.165) is 44.6 Å². The molecule has 3 nitrogen and oxygen atoms in total. The van der Waals surface area contributed by atoms with Gasteiger partial charge in [0.1, 0.15) is 0 Å². The Hall–Kier alpha value is -0.120. The van der Waals surface area contributed by atoms with Gasteiger partial charge in [-0.3, -0.25) is 0 Å². The van der Waals surface area contributed by atoms with Gasteiger partial charge in [-0.15, -0.1) is 0 Å². The molecule has 0 aromatic heterocycles. The van der Waals surface area contributed by atoms with Crippen molar-refractivity contribution in [3.05, 3.63) is 0 Å². The third-order valence-corrected chi connectivity index (χ3v) is 3.93. The Kier molecular flexibility index (Phi) is 5.75. The molecule has 2 saturated carbocycles. The van der Waals surface area contributed by atoms with Crippen LogP contribution in [0.15, 0.2) is 0 Å². The summed E-state index contributed by atoms with van der Waals surface area (Å²) in [5, 5.41) is 13.1. The fourth-order valence-corrected chi connectivity index (χ4v) is 2.66. The molecule has 2 fully saturated rings.